The summed E-state index contributed by atoms with van der Waals surface area (Å²) in [6, 6.07) is -1.04. The minimum atomic E-state index is -1.24. The van der Waals surface area contributed by atoms with Crippen molar-refractivity contribution < 1.29 is 24.6 Å². The fourth-order valence-electron chi connectivity index (χ4n) is 1.17. The van der Waals surface area contributed by atoms with Gasteiger partial charge >= 0.3 is 5.97 Å². The van der Waals surface area contributed by atoms with Gasteiger partial charge in [-0.25, -0.2) is 0 Å². The maximum atomic E-state index is 11.7. The lowest BCUT2D eigenvalue weighted by atomic mass is 9.92. The minimum Gasteiger partial charge on any atom is -0.481 e. The highest BCUT2D eigenvalue weighted by Gasteiger charge is 2.31. The minimum absolute atomic E-state index is 0.0744. The highest BCUT2D eigenvalue weighted by atomic mass is 16.4. The van der Waals surface area contributed by atoms with E-state index >= 15 is 0 Å². The summed E-state index contributed by atoms with van der Waals surface area (Å²) in [6.07, 6.45) is -0.347. The number of nitrogens with one attached hydrogen (secondary N) is 1. The molecule has 0 saturated carbocycles. The first-order chi connectivity index (χ1) is 8.05. The molecule has 7 heteroatoms. The number of carbonyl (C=O) groups is 3. The Morgan fingerprint density at radius 2 is 1.83 bits per heavy atom. The molecule has 0 aliphatic rings. The number of carboxylic acid groups (broad SMARTS) is 1. The molecule has 0 aliphatic heterocycles. The molecule has 0 aromatic carbocycles. The molecule has 7 nitrogen and oxygen atoms in total. The SMILES string of the molecule is C[C@H](C(=O)N[C@@H](CCC(=O)O)C(N)=O)C(C)(C)O. The van der Waals surface area contributed by atoms with Gasteiger partial charge in [-0.1, -0.05) is 6.92 Å². The zero-order chi connectivity index (χ0) is 14.5. The van der Waals surface area contributed by atoms with Gasteiger partial charge in [-0.05, 0) is 20.3 Å². The van der Waals surface area contributed by atoms with Crippen LogP contribution in [0.5, 0.6) is 0 Å². The molecule has 104 valence electrons. The third kappa shape index (κ3) is 5.62. The summed E-state index contributed by atoms with van der Waals surface area (Å²) in [5.41, 5.74) is 3.83. The third-order valence-electron chi connectivity index (χ3n) is 2.76. The van der Waals surface area contributed by atoms with E-state index in [4.69, 9.17) is 10.8 Å². The number of nitrogens with two attached hydrogens (primary N) is 1. The Hall–Kier alpha value is -1.63. The second-order valence-electron chi connectivity index (χ2n) is 4.77. The number of amides is 2. The maximum Gasteiger partial charge on any atom is 0.303 e. The van der Waals surface area contributed by atoms with Crippen molar-refractivity contribution in [1.29, 1.82) is 0 Å². The molecule has 0 aliphatic carbocycles. The molecule has 0 aromatic heterocycles. The van der Waals surface area contributed by atoms with Crippen LogP contribution in [0.15, 0.2) is 0 Å². The molecule has 18 heavy (non-hydrogen) atoms. The van der Waals surface area contributed by atoms with Crippen molar-refractivity contribution in [2.45, 2.75) is 45.3 Å². The molecule has 2 atom stereocenters. The van der Waals surface area contributed by atoms with Gasteiger partial charge in [0.05, 0.1) is 11.5 Å². The number of primary amides is 1. The summed E-state index contributed by atoms with van der Waals surface area (Å²) in [7, 11) is 0. The molecule has 5 N–H and O–H groups in total. The maximum absolute atomic E-state index is 11.7. The van der Waals surface area contributed by atoms with E-state index in [0.717, 1.165) is 0 Å². The smallest absolute Gasteiger partial charge is 0.303 e. The fraction of sp³-hybridized carbons (Fsp3) is 0.727. The van der Waals surface area contributed by atoms with Gasteiger partial charge in [-0.15, -0.1) is 0 Å². The van der Waals surface area contributed by atoms with Crippen LogP contribution in [0.1, 0.15) is 33.6 Å². The lowest BCUT2D eigenvalue weighted by Gasteiger charge is -2.26. The predicted octanol–water partition coefficient (Wildman–Crippen LogP) is -0.772. The molecule has 0 rings (SSSR count). The van der Waals surface area contributed by atoms with Crippen molar-refractivity contribution in [2.24, 2.45) is 11.7 Å². The Labute approximate surface area is 105 Å². The summed E-state index contributed by atoms with van der Waals surface area (Å²) >= 11 is 0. The number of carboxylic acids is 1. The molecular formula is C11H20N2O5. The van der Waals surface area contributed by atoms with Gasteiger partial charge in [0.25, 0.3) is 0 Å². The summed E-state index contributed by atoms with van der Waals surface area (Å²) < 4.78 is 0. The first-order valence-corrected chi connectivity index (χ1v) is 5.59. The number of carbonyl (C=O) groups excluding carboxylic acids is 2. The number of hydrogen-bond acceptors (Lipinski definition) is 4. The second kappa shape index (κ2) is 6.34. The van der Waals surface area contributed by atoms with E-state index in [9.17, 15) is 19.5 Å². The Balaban J connectivity index is 4.55. The van der Waals surface area contributed by atoms with Crippen molar-refractivity contribution >= 4 is 17.8 Å². The Bertz CT molecular complexity index is 335. The van der Waals surface area contributed by atoms with Crippen LogP contribution < -0.4 is 11.1 Å². The van der Waals surface area contributed by atoms with Gasteiger partial charge in [0.15, 0.2) is 0 Å². The highest BCUT2D eigenvalue weighted by Crippen LogP contribution is 2.16. The molecule has 0 spiro atoms. The van der Waals surface area contributed by atoms with Crippen LogP contribution in [0.3, 0.4) is 0 Å². The Kier molecular flexibility index (Phi) is 5.77. The van der Waals surface area contributed by atoms with Crippen LogP contribution in [0.2, 0.25) is 0 Å². The van der Waals surface area contributed by atoms with Gasteiger partial charge in [0, 0.05) is 6.42 Å². The standard InChI is InChI=1S/C11H20N2O5/c1-6(11(2,3)18)10(17)13-7(9(12)16)4-5-8(14)15/h6-7,18H,4-5H2,1-3H3,(H2,12,16)(H,13,17)(H,14,15)/t6-,7+/m1/s1. The van der Waals surface area contributed by atoms with Gasteiger partial charge in [0.2, 0.25) is 11.8 Å². The molecular weight excluding hydrogens is 240 g/mol. The average Bonchev–Trinajstić information content (AvgIpc) is 2.20. The monoisotopic (exact) mass is 260 g/mol. The summed E-state index contributed by atoms with van der Waals surface area (Å²) in [5.74, 6) is -3.17. The summed E-state index contributed by atoms with van der Waals surface area (Å²) in [4.78, 5) is 33.2. The van der Waals surface area contributed by atoms with E-state index < -0.39 is 35.3 Å². The number of aliphatic hydroxyl groups is 1. The predicted molar refractivity (Wildman–Crippen MR) is 63.5 cm³/mol. The zero-order valence-electron chi connectivity index (χ0n) is 10.8. The second-order valence-corrected chi connectivity index (χ2v) is 4.77. The van der Waals surface area contributed by atoms with Crippen LogP contribution in [-0.4, -0.2) is 39.6 Å². The molecule has 0 saturated heterocycles. The van der Waals surface area contributed by atoms with Crippen molar-refractivity contribution in [3.63, 3.8) is 0 Å². The third-order valence-corrected chi connectivity index (χ3v) is 2.76. The molecule has 0 heterocycles. The van der Waals surface area contributed by atoms with Crippen LogP contribution in [0, 0.1) is 5.92 Å². The first-order valence-electron chi connectivity index (χ1n) is 5.59. The van der Waals surface area contributed by atoms with Crippen LogP contribution in [0.25, 0.3) is 0 Å². The van der Waals surface area contributed by atoms with Gasteiger partial charge in [0.1, 0.15) is 6.04 Å². The highest BCUT2D eigenvalue weighted by molar-refractivity contribution is 5.88. The van der Waals surface area contributed by atoms with Gasteiger partial charge in [-0.2, -0.15) is 0 Å². The van der Waals surface area contributed by atoms with E-state index in [0.29, 0.717) is 0 Å². The van der Waals surface area contributed by atoms with E-state index in [1.54, 1.807) is 0 Å². The van der Waals surface area contributed by atoms with Crippen LogP contribution >= 0.6 is 0 Å². The lowest BCUT2D eigenvalue weighted by Crippen LogP contribution is -2.50. The van der Waals surface area contributed by atoms with Gasteiger partial charge in [-0.3, -0.25) is 14.4 Å². The Morgan fingerprint density at radius 1 is 1.33 bits per heavy atom. The van der Waals surface area contributed by atoms with Crippen molar-refractivity contribution in [3.05, 3.63) is 0 Å². The van der Waals surface area contributed by atoms with Crippen molar-refractivity contribution in [2.75, 3.05) is 0 Å². The van der Waals surface area contributed by atoms with Crippen LogP contribution in [0.4, 0.5) is 0 Å². The van der Waals surface area contributed by atoms with Gasteiger partial charge < -0.3 is 21.3 Å². The van der Waals surface area contributed by atoms with Crippen molar-refractivity contribution in [1.82, 2.24) is 5.32 Å². The van der Waals surface area contributed by atoms with E-state index in [-0.39, 0.29) is 12.8 Å². The quantitative estimate of drug-likeness (QED) is 0.477. The van der Waals surface area contributed by atoms with E-state index in [2.05, 4.69) is 5.32 Å². The average molecular weight is 260 g/mol. The summed E-state index contributed by atoms with van der Waals surface area (Å²) in [6.45, 7) is 4.44. The number of aliphatic carboxylic acids is 1. The lowest BCUT2D eigenvalue weighted by molar-refractivity contribution is -0.139. The first kappa shape index (κ1) is 16.4. The molecule has 0 unspecified atom stereocenters. The molecule has 0 radical (unpaired) electrons. The fourth-order valence-corrected chi connectivity index (χ4v) is 1.17. The molecule has 2 amide bonds. The largest absolute Gasteiger partial charge is 0.481 e. The van der Waals surface area contributed by atoms with Crippen molar-refractivity contribution in [3.8, 4) is 0 Å². The van der Waals surface area contributed by atoms with E-state index in [1.807, 2.05) is 0 Å². The number of rotatable bonds is 7. The number of hydrogen-bond donors (Lipinski definition) is 4. The molecule has 0 aromatic rings. The van der Waals surface area contributed by atoms with E-state index in [1.165, 1.54) is 20.8 Å². The normalized spacial score (nSPS) is 14.7. The topological polar surface area (TPSA) is 130 Å². The molecule has 0 bridgehead atoms. The summed E-state index contributed by atoms with van der Waals surface area (Å²) in [5, 5.41) is 20.5. The zero-order valence-corrected chi connectivity index (χ0v) is 10.8. The molecule has 0 fully saturated rings. The Morgan fingerprint density at radius 3 is 2.17 bits per heavy atom. The van der Waals surface area contributed by atoms with Crippen LogP contribution in [-0.2, 0) is 14.4 Å².